The molecule has 1 aromatic rings. The summed E-state index contributed by atoms with van der Waals surface area (Å²) in [5.74, 6) is 3.18. The number of thioether (sulfide) groups is 1. The van der Waals surface area contributed by atoms with Crippen molar-refractivity contribution in [2.24, 2.45) is 0 Å². The lowest BCUT2D eigenvalue weighted by Gasteiger charge is -1.98. The summed E-state index contributed by atoms with van der Waals surface area (Å²) in [5, 5.41) is 2.16. The van der Waals surface area contributed by atoms with Crippen LogP contribution in [0.4, 0.5) is 0 Å². The average molecular weight is 268 g/mol. The Morgan fingerprint density at radius 3 is 2.69 bits per heavy atom. The van der Waals surface area contributed by atoms with Gasteiger partial charge in [-0.05, 0) is 11.0 Å². The molecule has 0 bridgehead atoms. The molecule has 0 aliphatic carbocycles. The van der Waals surface area contributed by atoms with E-state index in [0.29, 0.717) is 0 Å². The van der Waals surface area contributed by atoms with Gasteiger partial charge >= 0.3 is 0 Å². The average Bonchev–Trinajstić information content (AvgIpc) is 2.34. The van der Waals surface area contributed by atoms with Crippen molar-refractivity contribution in [2.75, 3.05) is 11.5 Å². The zero-order valence-electron chi connectivity index (χ0n) is 9.17. The molecule has 0 aromatic heterocycles. The molecule has 3 heteroatoms. The first-order valence-electron chi connectivity index (χ1n) is 5.09. The predicted molar refractivity (Wildman–Crippen MR) is 82.0 cm³/mol. The Morgan fingerprint density at radius 1 is 1.12 bits per heavy atom. The summed E-state index contributed by atoms with van der Waals surface area (Å²) in [5.41, 5.74) is 1.40. The van der Waals surface area contributed by atoms with Crippen LogP contribution in [0.25, 0.3) is 0 Å². The van der Waals surface area contributed by atoms with Crippen LogP contribution in [-0.4, -0.2) is 11.5 Å². The zero-order valence-corrected chi connectivity index (χ0v) is 11.6. The monoisotopic (exact) mass is 268 g/mol. The van der Waals surface area contributed by atoms with Gasteiger partial charge in [0.1, 0.15) is 0 Å². The molecule has 0 saturated carbocycles. The van der Waals surface area contributed by atoms with Crippen molar-refractivity contribution in [1.82, 2.24) is 0 Å². The maximum absolute atomic E-state index is 3.68. The Bertz CT molecular complexity index is 306. The molecule has 0 radical (unpaired) electrons. The zero-order chi connectivity index (χ0) is 11.5. The molecule has 0 spiro atoms. The van der Waals surface area contributed by atoms with Crippen LogP contribution in [0.1, 0.15) is 5.56 Å². The Morgan fingerprint density at radius 2 is 1.94 bits per heavy atom. The highest BCUT2D eigenvalue weighted by Crippen LogP contribution is 2.22. The molecule has 1 rings (SSSR count). The van der Waals surface area contributed by atoms with E-state index in [1.54, 1.807) is 10.8 Å². The van der Waals surface area contributed by atoms with Crippen molar-refractivity contribution in [3.05, 3.63) is 60.0 Å². The van der Waals surface area contributed by atoms with Gasteiger partial charge in [0.15, 0.2) is 0 Å². The fourth-order valence-corrected chi connectivity index (χ4v) is 3.35. The predicted octanol–water partition coefficient (Wildman–Crippen LogP) is 5.00. The smallest absolute Gasteiger partial charge is 0.0218 e. The van der Waals surface area contributed by atoms with Gasteiger partial charge in [-0.15, -0.1) is 6.58 Å². The van der Waals surface area contributed by atoms with E-state index in [-0.39, 0.29) is 0 Å². The van der Waals surface area contributed by atoms with Crippen LogP contribution in [0.3, 0.4) is 0 Å². The lowest BCUT2D eigenvalue weighted by molar-refractivity contribution is 1.41. The molecule has 16 heavy (non-hydrogen) atoms. The second-order valence-corrected chi connectivity index (χ2v) is 6.39. The summed E-state index contributed by atoms with van der Waals surface area (Å²) in [4.78, 5) is 0. The normalized spacial score (nSPS) is 10.8. The molecule has 0 unspecified atom stereocenters. The molecule has 0 aliphatic rings. The van der Waals surface area contributed by atoms with Gasteiger partial charge in [-0.3, -0.25) is 0 Å². The van der Waals surface area contributed by atoms with Crippen molar-refractivity contribution >= 4 is 33.3 Å². The molecule has 1 aromatic carbocycles. The maximum atomic E-state index is 3.68. The van der Waals surface area contributed by atoms with Gasteiger partial charge in [-0.25, -0.2) is 0 Å². The molecular weight excluding hydrogens is 252 g/mol. The highest BCUT2D eigenvalue weighted by atomic mass is 33.1. The van der Waals surface area contributed by atoms with E-state index in [9.17, 15) is 0 Å². The maximum Gasteiger partial charge on any atom is 0.0218 e. The minimum absolute atomic E-state index is 1.01. The Kier molecular flexibility index (Phi) is 8.58. The van der Waals surface area contributed by atoms with E-state index in [4.69, 9.17) is 0 Å². The molecule has 0 aliphatic heterocycles. The summed E-state index contributed by atoms with van der Waals surface area (Å²) in [6, 6.07) is 10.6. The van der Waals surface area contributed by atoms with E-state index >= 15 is 0 Å². The van der Waals surface area contributed by atoms with E-state index in [1.165, 1.54) is 5.56 Å². The Hall–Kier alpha value is -0.250. The second kappa shape index (κ2) is 9.94. The molecule has 0 saturated heterocycles. The van der Waals surface area contributed by atoms with Gasteiger partial charge < -0.3 is 0 Å². The minimum Gasteiger partial charge on any atom is -0.153 e. The van der Waals surface area contributed by atoms with Gasteiger partial charge in [0.05, 0.1) is 0 Å². The van der Waals surface area contributed by atoms with Crippen LogP contribution in [0.2, 0.25) is 0 Å². The second-order valence-electron chi connectivity index (χ2n) is 3.04. The molecule has 0 atom stereocenters. The summed E-state index contributed by atoms with van der Waals surface area (Å²) in [7, 11) is 3.59. The lowest BCUT2D eigenvalue weighted by Crippen LogP contribution is -1.79. The fourth-order valence-electron chi connectivity index (χ4n) is 1.02. The van der Waals surface area contributed by atoms with Crippen molar-refractivity contribution < 1.29 is 0 Å². The minimum atomic E-state index is 1.01. The third-order valence-electron chi connectivity index (χ3n) is 1.73. The van der Waals surface area contributed by atoms with Crippen molar-refractivity contribution in [1.29, 1.82) is 0 Å². The van der Waals surface area contributed by atoms with Gasteiger partial charge in [-0.1, -0.05) is 64.1 Å². The van der Waals surface area contributed by atoms with Crippen LogP contribution in [0.15, 0.2) is 54.5 Å². The molecule has 0 nitrogen and oxygen atoms in total. The Balaban J connectivity index is 2.01. The van der Waals surface area contributed by atoms with Crippen LogP contribution < -0.4 is 0 Å². The third kappa shape index (κ3) is 7.09. The van der Waals surface area contributed by atoms with Gasteiger partial charge in [0.2, 0.25) is 0 Å². The number of benzene rings is 1. The van der Waals surface area contributed by atoms with Crippen LogP contribution >= 0.6 is 33.3 Å². The van der Waals surface area contributed by atoms with Crippen LogP contribution in [0, 0.1) is 0 Å². The topological polar surface area (TPSA) is 0 Å². The van der Waals surface area contributed by atoms with Crippen molar-refractivity contribution in [3.8, 4) is 0 Å². The van der Waals surface area contributed by atoms with Gasteiger partial charge in [0, 0.05) is 17.3 Å². The van der Waals surface area contributed by atoms with Crippen LogP contribution in [0.5, 0.6) is 0 Å². The van der Waals surface area contributed by atoms with E-state index in [2.05, 4.69) is 48.4 Å². The Labute approximate surface area is 110 Å². The first kappa shape index (κ1) is 13.8. The van der Waals surface area contributed by atoms with E-state index in [0.717, 1.165) is 17.3 Å². The van der Waals surface area contributed by atoms with Gasteiger partial charge in [0.25, 0.3) is 0 Å². The molecule has 0 fully saturated rings. The van der Waals surface area contributed by atoms with Crippen molar-refractivity contribution in [3.63, 3.8) is 0 Å². The quantitative estimate of drug-likeness (QED) is 0.370. The third-order valence-corrected chi connectivity index (χ3v) is 4.66. The lowest BCUT2D eigenvalue weighted by atomic mass is 10.2. The fraction of sp³-hybridized carbons (Fsp3) is 0.231. The van der Waals surface area contributed by atoms with E-state index < -0.39 is 0 Å². The summed E-state index contributed by atoms with van der Waals surface area (Å²) >= 11 is 1.94. The SMILES string of the molecule is C=CCSS/C=C/CSCc1ccccc1. The van der Waals surface area contributed by atoms with Gasteiger partial charge in [-0.2, -0.15) is 11.8 Å². The summed E-state index contributed by atoms with van der Waals surface area (Å²) < 4.78 is 0. The summed E-state index contributed by atoms with van der Waals surface area (Å²) in [6.07, 6.45) is 4.14. The first-order valence-corrected chi connectivity index (χ1v) is 8.63. The standard InChI is InChI=1S/C13H16S3/c1-2-9-15-16-11-6-10-14-12-13-7-4-3-5-8-13/h2-8,11H,1,9-10,12H2/b11-6+. The number of rotatable bonds is 8. The molecule has 0 heterocycles. The molecule has 0 amide bonds. The molecular formula is C13H16S3. The summed E-state index contributed by atoms with van der Waals surface area (Å²) in [6.45, 7) is 3.68. The molecule has 0 N–H and O–H groups in total. The van der Waals surface area contributed by atoms with E-state index in [1.807, 2.05) is 28.6 Å². The molecule has 86 valence electrons. The van der Waals surface area contributed by atoms with Crippen LogP contribution in [-0.2, 0) is 5.75 Å². The van der Waals surface area contributed by atoms with Crippen molar-refractivity contribution in [2.45, 2.75) is 5.75 Å². The first-order chi connectivity index (χ1) is 7.93. The number of hydrogen-bond acceptors (Lipinski definition) is 3. The number of hydrogen-bond donors (Lipinski definition) is 0. The highest BCUT2D eigenvalue weighted by molar-refractivity contribution is 8.77. The highest BCUT2D eigenvalue weighted by Gasteiger charge is 1.89. The largest absolute Gasteiger partial charge is 0.153 e.